The summed E-state index contributed by atoms with van der Waals surface area (Å²) in [4.78, 5) is 26.1. The van der Waals surface area contributed by atoms with E-state index >= 15 is 0 Å². The van der Waals surface area contributed by atoms with Crippen LogP contribution in [0.2, 0.25) is 0 Å². The number of rotatable bonds is 3. The summed E-state index contributed by atoms with van der Waals surface area (Å²) in [6.45, 7) is 0.823. The third-order valence-corrected chi connectivity index (χ3v) is 4.90. The van der Waals surface area contributed by atoms with Gasteiger partial charge in [0.25, 0.3) is 0 Å². The molecule has 1 aliphatic carbocycles. The summed E-state index contributed by atoms with van der Waals surface area (Å²) in [7, 11) is 3.11. The summed E-state index contributed by atoms with van der Waals surface area (Å²) >= 11 is 0. The number of nitrogens with one attached hydrogen (secondary N) is 1. The molecule has 0 bridgehead atoms. The zero-order valence-corrected chi connectivity index (χ0v) is 13.2. The lowest BCUT2D eigenvalue weighted by Crippen LogP contribution is -2.44. The van der Waals surface area contributed by atoms with E-state index < -0.39 is 5.97 Å². The third-order valence-electron chi connectivity index (χ3n) is 4.90. The van der Waals surface area contributed by atoms with Crippen LogP contribution in [0.15, 0.2) is 12.3 Å². The van der Waals surface area contributed by atoms with Crippen LogP contribution in [0.3, 0.4) is 0 Å². The van der Waals surface area contributed by atoms with Crippen LogP contribution >= 0.6 is 0 Å². The highest BCUT2D eigenvalue weighted by Gasteiger charge is 2.37. The lowest BCUT2D eigenvalue weighted by Gasteiger charge is -2.36. The Morgan fingerprint density at radius 3 is 2.68 bits per heavy atom. The molecule has 0 radical (unpaired) electrons. The van der Waals surface area contributed by atoms with E-state index in [2.05, 4.69) is 5.32 Å². The number of methoxy groups -OCH3 is 1. The minimum Gasteiger partial charge on any atom is -0.464 e. The van der Waals surface area contributed by atoms with E-state index in [1.165, 1.54) is 26.4 Å². The van der Waals surface area contributed by atoms with Crippen LogP contribution in [0.5, 0.6) is 0 Å². The monoisotopic (exact) mass is 305 g/mol. The Hall–Kier alpha value is -1.98. The molecule has 0 spiro atoms. The number of ether oxygens (including phenoxy) is 1. The largest absolute Gasteiger partial charge is 0.464 e. The van der Waals surface area contributed by atoms with Crippen LogP contribution in [0, 0.1) is 5.92 Å². The number of anilines is 1. The van der Waals surface area contributed by atoms with Gasteiger partial charge in [0.05, 0.1) is 12.8 Å². The highest BCUT2D eigenvalue weighted by atomic mass is 16.5. The fourth-order valence-corrected chi connectivity index (χ4v) is 3.50. The molecule has 120 valence electrons. The lowest BCUT2D eigenvalue weighted by atomic mass is 9.79. The minimum absolute atomic E-state index is 0.0589. The Labute approximate surface area is 130 Å². The predicted molar refractivity (Wildman–Crippen MR) is 82.8 cm³/mol. The summed E-state index contributed by atoms with van der Waals surface area (Å²) < 4.78 is 6.38. The van der Waals surface area contributed by atoms with Gasteiger partial charge in [-0.2, -0.15) is 0 Å². The van der Waals surface area contributed by atoms with Gasteiger partial charge in [-0.3, -0.25) is 0 Å². The first kappa shape index (κ1) is 14.9. The van der Waals surface area contributed by atoms with Crippen molar-refractivity contribution >= 4 is 17.7 Å². The van der Waals surface area contributed by atoms with E-state index in [0.29, 0.717) is 23.3 Å². The minimum atomic E-state index is -0.406. The van der Waals surface area contributed by atoms with Crippen LogP contribution in [-0.2, 0) is 11.8 Å². The topological polar surface area (TPSA) is 63.6 Å². The quantitative estimate of drug-likeness (QED) is 0.873. The molecule has 1 unspecified atom stereocenters. The average Bonchev–Trinajstić information content (AvgIpc) is 3.03. The molecule has 1 aromatic heterocycles. The van der Waals surface area contributed by atoms with Gasteiger partial charge < -0.3 is 19.5 Å². The van der Waals surface area contributed by atoms with E-state index in [0.717, 1.165) is 19.4 Å². The Morgan fingerprint density at radius 2 is 2.05 bits per heavy atom. The average molecular weight is 305 g/mol. The molecule has 1 saturated carbocycles. The normalized spacial score (nSPS) is 21.5. The fourth-order valence-electron chi connectivity index (χ4n) is 3.50. The summed E-state index contributed by atoms with van der Waals surface area (Å²) in [5.74, 6) is 0.270. The number of aromatic nitrogens is 1. The number of carbonyl (C=O) groups is 2. The van der Waals surface area contributed by atoms with Crippen molar-refractivity contribution < 1.29 is 14.3 Å². The second kappa shape index (κ2) is 6.02. The molecule has 2 amide bonds. The van der Waals surface area contributed by atoms with Gasteiger partial charge in [0.15, 0.2) is 0 Å². The van der Waals surface area contributed by atoms with Gasteiger partial charge in [0.2, 0.25) is 0 Å². The number of amides is 2. The number of hydrogen-bond donors (Lipinski definition) is 1. The van der Waals surface area contributed by atoms with Crippen LogP contribution < -0.4 is 5.32 Å². The van der Waals surface area contributed by atoms with Gasteiger partial charge in [-0.1, -0.05) is 6.42 Å². The molecule has 2 fully saturated rings. The molecular formula is C16H23N3O3. The maximum Gasteiger partial charge on any atom is 0.354 e. The molecule has 1 atom stereocenters. The number of nitrogens with zero attached hydrogens (tertiary/aromatic N) is 2. The third kappa shape index (κ3) is 2.69. The molecule has 3 rings (SSSR count). The summed E-state index contributed by atoms with van der Waals surface area (Å²) in [5.41, 5.74) is 1.06. The van der Waals surface area contributed by atoms with Gasteiger partial charge in [-0.15, -0.1) is 0 Å². The number of urea groups is 1. The van der Waals surface area contributed by atoms with Crippen LogP contribution in [0.4, 0.5) is 10.5 Å². The maximum atomic E-state index is 12.5. The van der Waals surface area contributed by atoms with Crippen LogP contribution in [-0.4, -0.2) is 41.2 Å². The Kier molecular flexibility index (Phi) is 4.09. The molecule has 1 saturated heterocycles. The van der Waals surface area contributed by atoms with Crippen molar-refractivity contribution in [2.75, 3.05) is 19.0 Å². The van der Waals surface area contributed by atoms with E-state index in [1.807, 2.05) is 4.90 Å². The number of aryl methyl sites for hydroxylation is 1. The number of esters is 1. The highest BCUT2D eigenvalue weighted by molar-refractivity contribution is 5.93. The number of likely N-dealkylation sites (tertiary alicyclic amines) is 1. The first-order valence-corrected chi connectivity index (χ1v) is 7.92. The molecular weight excluding hydrogens is 282 g/mol. The van der Waals surface area contributed by atoms with Gasteiger partial charge in [0, 0.05) is 25.8 Å². The molecule has 1 aliphatic heterocycles. The standard InChI is InChI=1S/C16H23N3O3/c1-18-10-12(9-14(18)15(20)22-2)17-16(21)19-8-4-7-13(19)11-5-3-6-11/h9-11,13H,3-8H2,1-2H3,(H,17,21). The Balaban J connectivity index is 1.67. The molecule has 2 heterocycles. The van der Waals surface area contributed by atoms with Gasteiger partial charge in [0.1, 0.15) is 5.69 Å². The molecule has 22 heavy (non-hydrogen) atoms. The maximum absolute atomic E-state index is 12.5. The van der Waals surface area contributed by atoms with E-state index in [1.54, 1.807) is 23.9 Å². The molecule has 0 aromatic carbocycles. The number of hydrogen-bond acceptors (Lipinski definition) is 3. The van der Waals surface area contributed by atoms with E-state index in [-0.39, 0.29) is 6.03 Å². The van der Waals surface area contributed by atoms with Crippen molar-refractivity contribution in [2.24, 2.45) is 13.0 Å². The fraction of sp³-hybridized carbons (Fsp3) is 0.625. The molecule has 1 N–H and O–H groups in total. The van der Waals surface area contributed by atoms with Gasteiger partial charge in [-0.05, 0) is 37.7 Å². The molecule has 2 aliphatic rings. The first-order chi connectivity index (χ1) is 10.6. The van der Waals surface area contributed by atoms with Crippen LogP contribution in [0.25, 0.3) is 0 Å². The second-order valence-corrected chi connectivity index (χ2v) is 6.24. The number of carbonyl (C=O) groups excluding carboxylic acids is 2. The Bertz CT molecular complexity index is 577. The summed E-state index contributed by atoms with van der Waals surface area (Å²) in [6.07, 6.45) is 7.70. The van der Waals surface area contributed by atoms with Crippen LogP contribution in [0.1, 0.15) is 42.6 Å². The zero-order chi connectivity index (χ0) is 15.7. The molecule has 6 nitrogen and oxygen atoms in total. The van der Waals surface area contributed by atoms with E-state index in [9.17, 15) is 9.59 Å². The zero-order valence-electron chi connectivity index (χ0n) is 13.2. The van der Waals surface area contributed by atoms with Crippen molar-refractivity contribution in [3.05, 3.63) is 18.0 Å². The lowest BCUT2D eigenvalue weighted by molar-refractivity contribution is 0.0590. The smallest absolute Gasteiger partial charge is 0.354 e. The van der Waals surface area contributed by atoms with E-state index in [4.69, 9.17) is 4.74 Å². The van der Waals surface area contributed by atoms with Gasteiger partial charge >= 0.3 is 12.0 Å². The summed E-state index contributed by atoms with van der Waals surface area (Å²) in [5, 5.41) is 2.92. The second-order valence-electron chi connectivity index (χ2n) is 6.24. The summed E-state index contributed by atoms with van der Waals surface area (Å²) in [6, 6.07) is 1.98. The predicted octanol–water partition coefficient (Wildman–Crippen LogP) is 2.61. The molecule has 6 heteroatoms. The van der Waals surface area contributed by atoms with Crippen molar-refractivity contribution in [1.82, 2.24) is 9.47 Å². The van der Waals surface area contributed by atoms with Crippen molar-refractivity contribution in [2.45, 2.75) is 38.1 Å². The first-order valence-electron chi connectivity index (χ1n) is 7.92. The Morgan fingerprint density at radius 1 is 1.27 bits per heavy atom. The van der Waals surface area contributed by atoms with Gasteiger partial charge in [-0.25, -0.2) is 9.59 Å². The van der Waals surface area contributed by atoms with Crippen molar-refractivity contribution in [1.29, 1.82) is 0 Å². The SMILES string of the molecule is COC(=O)c1cc(NC(=O)N2CCCC2C2CCC2)cn1C. The molecule has 1 aromatic rings. The van der Waals surface area contributed by atoms with Crippen molar-refractivity contribution in [3.8, 4) is 0 Å². The van der Waals surface area contributed by atoms with Crippen molar-refractivity contribution in [3.63, 3.8) is 0 Å². The highest BCUT2D eigenvalue weighted by Crippen LogP contribution is 2.37.